The van der Waals surface area contributed by atoms with E-state index < -0.39 is 0 Å². The third-order valence-electron chi connectivity index (χ3n) is 5.26. The fourth-order valence-electron chi connectivity index (χ4n) is 4.05. The number of hydrogen-bond acceptors (Lipinski definition) is 5. The van der Waals surface area contributed by atoms with Crippen molar-refractivity contribution in [3.05, 3.63) is 23.8 Å². The van der Waals surface area contributed by atoms with Crippen LogP contribution in [0.1, 0.15) is 30.6 Å². The van der Waals surface area contributed by atoms with Crippen LogP contribution in [0.2, 0.25) is 0 Å². The molecule has 1 amide bonds. The van der Waals surface area contributed by atoms with Gasteiger partial charge in [-0.1, -0.05) is 0 Å². The second-order valence-corrected chi connectivity index (χ2v) is 7.53. The number of aromatic nitrogens is 2. The molecule has 3 heterocycles. The van der Waals surface area contributed by atoms with Gasteiger partial charge in [-0.25, -0.2) is 4.98 Å². The van der Waals surface area contributed by atoms with Gasteiger partial charge in [-0.2, -0.15) is 0 Å². The number of aliphatic hydroxyl groups excluding tert-OH is 1. The van der Waals surface area contributed by atoms with Crippen LogP contribution in [-0.2, 0) is 11.8 Å². The van der Waals surface area contributed by atoms with Gasteiger partial charge < -0.3 is 24.2 Å². The summed E-state index contributed by atoms with van der Waals surface area (Å²) in [5.41, 5.74) is 2.45. The second-order valence-electron chi connectivity index (χ2n) is 7.53. The lowest BCUT2D eigenvalue weighted by Gasteiger charge is -2.35. The third kappa shape index (κ3) is 3.05. The van der Waals surface area contributed by atoms with E-state index in [1.165, 1.54) is 0 Å². The van der Waals surface area contributed by atoms with E-state index in [0.717, 1.165) is 29.9 Å². The molecular formula is C19H26N4O3. The van der Waals surface area contributed by atoms with E-state index in [9.17, 15) is 9.90 Å². The Morgan fingerprint density at radius 1 is 1.23 bits per heavy atom. The Morgan fingerprint density at radius 2 is 1.96 bits per heavy atom. The predicted octanol–water partition coefficient (Wildman–Crippen LogP) is 1.39. The molecule has 140 valence electrons. The highest BCUT2D eigenvalue weighted by molar-refractivity contribution is 5.97. The van der Waals surface area contributed by atoms with E-state index in [-0.39, 0.29) is 24.2 Å². The standard InChI is InChI=1S/C19H26N4O3/c1-12-9-23(10-13(2)26-12)18(25)14-4-5-17-16(8-14)20-19(21(17)3)22-7-6-15(24)11-22/h4-5,8,12-13,15,24H,6-7,9-11H2,1-3H3. The fraction of sp³-hybridized carbons (Fsp3) is 0.579. The van der Waals surface area contributed by atoms with E-state index in [4.69, 9.17) is 9.72 Å². The van der Waals surface area contributed by atoms with Crippen LogP contribution in [0.25, 0.3) is 11.0 Å². The molecule has 3 unspecified atom stereocenters. The summed E-state index contributed by atoms with van der Waals surface area (Å²) in [4.78, 5) is 21.6. The molecule has 2 aromatic rings. The molecule has 2 aliphatic heterocycles. The molecule has 0 aliphatic carbocycles. The number of β-amino-alcohol motifs (C(OH)–C–C–N with tert-alkyl or cyclic N) is 1. The van der Waals surface area contributed by atoms with Crippen LogP contribution in [0.3, 0.4) is 0 Å². The largest absolute Gasteiger partial charge is 0.391 e. The zero-order chi connectivity index (χ0) is 18.4. The first-order valence-corrected chi connectivity index (χ1v) is 9.26. The van der Waals surface area contributed by atoms with Gasteiger partial charge in [0.2, 0.25) is 5.95 Å². The number of morpholine rings is 1. The van der Waals surface area contributed by atoms with Crippen molar-refractivity contribution in [3.63, 3.8) is 0 Å². The Hall–Kier alpha value is -2.12. The van der Waals surface area contributed by atoms with Crippen LogP contribution in [-0.4, -0.2) is 70.0 Å². The van der Waals surface area contributed by atoms with Gasteiger partial charge >= 0.3 is 0 Å². The van der Waals surface area contributed by atoms with Gasteiger partial charge in [-0.05, 0) is 38.5 Å². The molecule has 7 heteroatoms. The van der Waals surface area contributed by atoms with Crippen molar-refractivity contribution in [1.29, 1.82) is 0 Å². The average molecular weight is 358 g/mol. The van der Waals surface area contributed by atoms with Crippen molar-refractivity contribution in [2.75, 3.05) is 31.1 Å². The Bertz CT molecular complexity index is 824. The van der Waals surface area contributed by atoms with Crippen LogP contribution in [0.15, 0.2) is 18.2 Å². The number of carbonyl (C=O) groups is 1. The lowest BCUT2D eigenvalue weighted by atomic mass is 10.1. The Morgan fingerprint density at radius 3 is 2.62 bits per heavy atom. The van der Waals surface area contributed by atoms with E-state index in [1.54, 1.807) is 0 Å². The highest BCUT2D eigenvalue weighted by Crippen LogP contribution is 2.26. The number of benzene rings is 1. The first kappa shape index (κ1) is 17.3. The molecule has 0 spiro atoms. The van der Waals surface area contributed by atoms with E-state index >= 15 is 0 Å². The maximum absolute atomic E-state index is 12.9. The predicted molar refractivity (Wildman–Crippen MR) is 99.5 cm³/mol. The van der Waals surface area contributed by atoms with Crippen LogP contribution >= 0.6 is 0 Å². The molecule has 1 N–H and O–H groups in total. The van der Waals surface area contributed by atoms with Crippen LogP contribution in [0.4, 0.5) is 5.95 Å². The molecule has 3 atom stereocenters. The average Bonchev–Trinajstić information content (AvgIpc) is 3.16. The van der Waals surface area contributed by atoms with Gasteiger partial charge in [0.05, 0.1) is 29.3 Å². The van der Waals surface area contributed by atoms with Crippen molar-refractivity contribution >= 4 is 22.9 Å². The first-order chi connectivity index (χ1) is 12.4. The van der Waals surface area contributed by atoms with Crippen molar-refractivity contribution < 1.29 is 14.6 Å². The molecule has 2 saturated heterocycles. The number of rotatable bonds is 2. The maximum Gasteiger partial charge on any atom is 0.254 e. The molecule has 1 aromatic carbocycles. The van der Waals surface area contributed by atoms with E-state index in [2.05, 4.69) is 4.90 Å². The van der Waals surface area contributed by atoms with Gasteiger partial charge in [-0.3, -0.25) is 4.79 Å². The van der Waals surface area contributed by atoms with Gasteiger partial charge in [0.15, 0.2) is 0 Å². The smallest absolute Gasteiger partial charge is 0.254 e. The molecule has 26 heavy (non-hydrogen) atoms. The summed E-state index contributed by atoms with van der Waals surface area (Å²) < 4.78 is 7.75. The van der Waals surface area contributed by atoms with Crippen molar-refractivity contribution in [2.45, 2.75) is 38.6 Å². The molecule has 0 radical (unpaired) electrons. The summed E-state index contributed by atoms with van der Waals surface area (Å²) in [5, 5.41) is 9.79. The highest BCUT2D eigenvalue weighted by Gasteiger charge is 2.28. The summed E-state index contributed by atoms with van der Waals surface area (Å²) in [6.07, 6.45) is 0.571. The van der Waals surface area contributed by atoms with Gasteiger partial charge in [0.1, 0.15) is 0 Å². The molecule has 2 fully saturated rings. The quantitative estimate of drug-likeness (QED) is 0.879. The number of imidazole rings is 1. The zero-order valence-corrected chi connectivity index (χ0v) is 15.6. The Labute approximate surface area is 153 Å². The number of ether oxygens (including phenoxy) is 1. The highest BCUT2D eigenvalue weighted by atomic mass is 16.5. The summed E-state index contributed by atoms with van der Waals surface area (Å²) in [5.74, 6) is 0.868. The summed E-state index contributed by atoms with van der Waals surface area (Å²) >= 11 is 0. The second kappa shape index (κ2) is 6.55. The Balaban J connectivity index is 1.62. The van der Waals surface area contributed by atoms with Crippen molar-refractivity contribution in [2.24, 2.45) is 7.05 Å². The van der Waals surface area contributed by atoms with Crippen LogP contribution < -0.4 is 4.90 Å². The SMILES string of the molecule is CC1CN(C(=O)c2ccc3c(c2)nc(N2CCC(O)C2)n3C)CC(C)O1. The minimum atomic E-state index is -0.294. The van der Waals surface area contributed by atoms with Gasteiger partial charge in [0.25, 0.3) is 5.91 Å². The molecule has 2 aliphatic rings. The molecule has 1 aromatic heterocycles. The molecular weight excluding hydrogens is 332 g/mol. The van der Waals surface area contributed by atoms with Crippen molar-refractivity contribution in [3.8, 4) is 0 Å². The lowest BCUT2D eigenvalue weighted by molar-refractivity contribution is -0.0586. The first-order valence-electron chi connectivity index (χ1n) is 9.26. The van der Waals surface area contributed by atoms with Gasteiger partial charge in [-0.15, -0.1) is 0 Å². The van der Waals surface area contributed by atoms with Crippen LogP contribution in [0, 0.1) is 0 Å². The number of fused-ring (bicyclic) bond motifs is 1. The number of hydrogen-bond donors (Lipinski definition) is 1. The fourth-order valence-corrected chi connectivity index (χ4v) is 4.05. The number of carbonyl (C=O) groups excluding carboxylic acids is 1. The summed E-state index contributed by atoms with van der Waals surface area (Å²) in [6.45, 7) is 6.62. The van der Waals surface area contributed by atoms with Crippen molar-refractivity contribution in [1.82, 2.24) is 14.5 Å². The minimum Gasteiger partial charge on any atom is -0.391 e. The molecule has 0 saturated carbocycles. The molecule has 7 nitrogen and oxygen atoms in total. The minimum absolute atomic E-state index is 0.0256. The normalized spacial score (nSPS) is 26.7. The Kier molecular flexibility index (Phi) is 4.36. The van der Waals surface area contributed by atoms with E-state index in [1.807, 2.05) is 48.6 Å². The zero-order valence-electron chi connectivity index (χ0n) is 15.6. The number of nitrogens with zero attached hydrogens (tertiary/aromatic N) is 4. The molecule has 0 bridgehead atoms. The monoisotopic (exact) mass is 358 g/mol. The number of aliphatic hydroxyl groups is 1. The summed E-state index contributed by atoms with van der Waals surface area (Å²) in [7, 11) is 1.97. The summed E-state index contributed by atoms with van der Waals surface area (Å²) in [6, 6.07) is 5.71. The lowest BCUT2D eigenvalue weighted by Crippen LogP contribution is -2.48. The van der Waals surface area contributed by atoms with Gasteiger partial charge in [0, 0.05) is 38.8 Å². The number of amides is 1. The topological polar surface area (TPSA) is 70.8 Å². The van der Waals surface area contributed by atoms with E-state index in [0.29, 0.717) is 25.2 Å². The maximum atomic E-state index is 12.9. The third-order valence-corrected chi connectivity index (χ3v) is 5.26. The number of anilines is 1. The number of aryl methyl sites for hydroxylation is 1. The molecule has 4 rings (SSSR count). The van der Waals surface area contributed by atoms with Crippen LogP contribution in [0.5, 0.6) is 0 Å².